The van der Waals surface area contributed by atoms with Crippen LogP contribution in [0.15, 0.2) is 18.2 Å². The van der Waals surface area contributed by atoms with Gasteiger partial charge in [-0.3, -0.25) is 4.79 Å². The number of carbonyl (C=O) groups is 1. The minimum atomic E-state index is -3.53. The molecule has 1 aliphatic heterocycles. The Morgan fingerprint density at radius 3 is 2.67 bits per heavy atom. The first-order chi connectivity index (χ1) is 12.9. The first-order valence-corrected chi connectivity index (χ1v) is 11.8. The Balaban J connectivity index is 2.08. The Morgan fingerprint density at radius 2 is 2.07 bits per heavy atom. The second-order valence-corrected chi connectivity index (χ2v) is 9.14. The van der Waals surface area contributed by atoms with Crippen molar-refractivity contribution in [1.82, 2.24) is 4.72 Å². The third kappa shape index (κ3) is 6.63. The van der Waals surface area contributed by atoms with Crippen LogP contribution in [0.5, 0.6) is 0 Å². The molecule has 152 valence electrons. The van der Waals surface area contributed by atoms with Crippen LogP contribution in [-0.2, 0) is 19.6 Å². The van der Waals surface area contributed by atoms with Gasteiger partial charge in [0.1, 0.15) is 11.9 Å². The minimum absolute atomic E-state index is 0.112. The molecule has 10 heteroatoms. The second kappa shape index (κ2) is 10.3. The zero-order valence-corrected chi connectivity index (χ0v) is 17.2. The zero-order valence-electron chi connectivity index (χ0n) is 15.5. The zero-order chi connectivity index (χ0) is 19.9. The van der Waals surface area contributed by atoms with Crippen LogP contribution in [0.1, 0.15) is 13.3 Å². The fourth-order valence-corrected chi connectivity index (χ4v) is 3.95. The van der Waals surface area contributed by atoms with Crippen molar-refractivity contribution >= 4 is 39.1 Å². The highest BCUT2D eigenvalue weighted by Gasteiger charge is 2.24. The summed E-state index contributed by atoms with van der Waals surface area (Å²) in [4.78, 5) is 14.4. The number of morpholine rings is 1. The number of anilines is 2. The number of ether oxygens (including phenoxy) is 1. The van der Waals surface area contributed by atoms with E-state index in [1.807, 2.05) is 11.2 Å². The highest BCUT2D eigenvalue weighted by molar-refractivity contribution is 7.98. The molecule has 2 N–H and O–H groups in total. The summed E-state index contributed by atoms with van der Waals surface area (Å²) in [6, 6.07) is 3.59. The molecule has 0 aliphatic carbocycles. The van der Waals surface area contributed by atoms with Crippen molar-refractivity contribution in [1.29, 1.82) is 0 Å². The van der Waals surface area contributed by atoms with Gasteiger partial charge in [0.25, 0.3) is 0 Å². The molecule has 0 radical (unpaired) electrons. The van der Waals surface area contributed by atoms with E-state index in [1.165, 1.54) is 24.8 Å². The first-order valence-electron chi connectivity index (χ1n) is 8.78. The molecule has 1 unspecified atom stereocenters. The predicted molar refractivity (Wildman–Crippen MR) is 107 cm³/mol. The van der Waals surface area contributed by atoms with Crippen LogP contribution >= 0.6 is 11.8 Å². The van der Waals surface area contributed by atoms with E-state index in [2.05, 4.69) is 10.0 Å². The van der Waals surface area contributed by atoms with Crippen LogP contribution in [0, 0.1) is 5.82 Å². The molecule has 1 aliphatic rings. The van der Waals surface area contributed by atoms with Gasteiger partial charge >= 0.3 is 0 Å². The molecule has 0 spiro atoms. The largest absolute Gasteiger partial charge is 0.378 e. The number of thioether (sulfide) groups is 1. The fourth-order valence-electron chi connectivity index (χ4n) is 2.65. The Kier molecular flexibility index (Phi) is 8.33. The van der Waals surface area contributed by atoms with E-state index in [9.17, 15) is 17.6 Å². The maximum atomic E-state index is 14.5. The number of halogens is 1. The van der Waals surface area contributed by atoms with E-state index in [4.69, 9.17) is 4.74 Å². The van der Waals surface area contributed by atoms with Gasteiger partial charge in [-0.1, -0.05) is 0 Å². The van der Waals surface area contributed by atoms with Crippen LogP contribution in [-0.4, -0.2) is 64.4 Å². The Morgan fingerprint density at radius 1 is 1.37 bits per heavy atom. The average Bonchev–Trinajstić information content (AvgIpc) is 2.66. The van der Waals surface area contributed by atoms with E-state index >= 15 is 0 Å². The number of hydrogen-bond donors (Lipinski definition) is 2. The summed E-state index contributed by atoms with van der Waals surface area (Å²) < 4.78 is 45.8. The molecule has 1 heterocycles. The van der Waals surface area contributed by atoms with Crippen LogP contribution < -0.4 is 14.9 Å². The summed E-state index contributed by atoms with van der Waals surface area (Å²) in [5.41, 5.74) is 0.751. The lowest BCUT2D eigenvalue weighted by Crippen LogP contribution is -2.44. The second-order valence-electron chi connectivity index (χ2n) is 6.11. The molecule has 1 aromatic rings. The van der Waals surface area contributed by atoms with E-state index in [0.717, 1.165) is 0 Å². The summed E-state index contributed by atoms with van der Waals surface area (Å²) in [6.45, 7) is 3.82. The number of rotatable bonds is 9. The van der Waals surface area contributed by atoms with Crippen molar-refractivity contribution in [2.45, 2.75) is 19.4 Å². The maximum absolute atomic E-state index is 14.5. The van der Waals surface area contributed by atoms with Gasteiger partial charge in [-0.2, -0.15) is 11.8 Å². The molecule has 1 amide bonds. The Hall–Kier alpha value is -1.36. The minimum Gasteiger partial charge on any atom is -0.378 e. The van der Waals surface area contributed by atoms with Crippen LogP contribution in [0.3, 0.4) is 0 Å². The van der Waals surface area contributed by atoms with Crippen molar-refractivity contribution in [3.8, 4) is 0 Å². The Labute approximate surface area is 164 Å². The number of nitrogens with one attached hydrogen (secondary N) is 2. The standard InChI is InChI=1S/C17H26FN3O4S2/c1-3-27(23,24)20-15(6-11-26-2)17(22)19-13-4-5-16(14(18)12-13)21-7-9-25-10-8-21/h4-5,12,15,20H,3,6-11H2,1-2H3,(H,19,22). The van der Waals surface area contributed by atoms with Gasteiger partial charge in [0.05, 0.1) is 24.7 Å². The topological polar surface area (TPSA) is 87.7 Å². The van der Waals surface area contributed by atoms with E-state index in [0.29, 0.717) is 49.9 Å². The molecule has 0 saturated carbocycles. The quantitative estimate of drug-likeness (QED) is 0.633. The van der Waals surface area contributed by atoms with Crippen molar-refractivity contribution < 1.29 is 22.3 Å². The normalized spacial score (nSPS) is 16.2. The molecule has 0 bridgehead atoms. The number of sulfonamides is 1. The molecule has 7 nitrogen and oxygen atoms in total. The average molecular weight is 420 g/mol. The molecule has 1 saturated heterocycles. The smallest absolute Gasteiger partial charge is 0.242 e. The van der Waals surface area contributed by atoms with Crippen molar-refractivity contribution in [2.24, 2.45) is 0 Å². The van der Waals surface area contributed by atoms with E-state index in [1.54, 1.807) is 12.1 Å². The third-order valence-corrected chi connectivity index (χ3v) is 6.24. The maximum Gasteiger partial charge on any atom is 0.242 e. The van der Waals surface area contributed by atoms with Gasteiger partial charge in [-0.05, 0) is 43.6 Å². The molecule has 2 rings (SSSR count). The number of benzene rings is 1. The first kappa shape index (κ1) is 21.9. The Bertz CT molecular complexity index is 740. The highest BCUT2D eigenvalue weighted by Crippen LogP contribution is 2.24. The molecule has 1 fully saturated rings. The molecule has 1 atom stereocenters. The van der Waals surface area contributed by atoms with E-state index in [-0.39, 0.29) is 5.75 Å². The molecule has 27 heavy (non-hydrogen) atoms. The molecule has 1 aromatic carbocycles. The fraction of sp³-hybridized carbons (Fsp3) is 0.588. The predicted octanol–water partition coefficient (Wildman–Crippen LogP) is 1.66. The van der Waals surface area contributed by atoms with Crippen LogP contribution in [0.4, 0.5) is 15.8 Å². The lowest BCUT2D eigenvalue weighted by molar-refractivity contribution is -0.117. The lowest BCUT2D eigenvalue weighted by Gasteiger charge is -2.29. The van der Waals surface area contributed by atoms with Crippen LogP contribution in [0.25, 0.3) is 0 Å². The van der Waals surface area contributed by atoms with Gasteiger partial charge in [0.2, 0.25) is 15.9 Å². The van der Waals surface area contributed by atoms with Gasteiger partial charge in [-0.15, -0.1) is 0 Å². The highest BCUT2D eigenvalue weighted by atomic mass is 32.2. The number of nitrogens with zero attached hydrogens (tertiary/aromatic N) is 1. The third-order valence-electron chi connectivity index (χ3n) is 4.20. The molecular weight excluding hydrogens is 393 g/mol. The van der Waals surface area contributed by atoms with E-state index < -0.39 is 27.8 Å². The van der Waals surface area contributed by atoms with Crippen LogP contribution in [0.2, 0.25) is 0 Å². The van der Waals surface area contributed by atoms with Crippen molar-refractivity contribution in [2.75, 3.05) is 54.3 Å². The summed E-state index contributed by atoms with van der Waals surface area (Å²) in [5.74, 6) is -0.433. The number of carbonyl (C=O) groups excluding carboxylic acids is 1. The van der Waals surface area contributed by atoms with Gasteiger partial charge in [-0.25, -0.2) is 17.5 Å². The number of hydrogen-bond acceptors (Lipinski definition) is 6. The molecular formula is C17H26FN3O4S2. The molecule has 0 aromatic heterocycles. The monoisotopic (exact) mass is 419 g/mol. The SMILES string of the molecule is CCS(=O)(=O)NC(CCSC)C(=O)Nc1ccc(N2CCOCC2)c(F)c1. The van der Waals surface area contributed by atoms with Gasteiger partial charge in [0, 0.05) is 18.8 Å². The summed E-state index contributed by atoms with van der Waals surface area (Å²) in [7, 11) is -3.53. The summed E-state index contributed by atoms with van der Waals surface area (Å²) in [5, 5.41) is 2.61. The lowest BCUT2D eigenvalue weighted by atomic mass is 10.2. The van der Waals surface area contributed by atoms with Gasteiger partial charge < -0.3 is 15.0 Å². The summed E-state index contributed by atoms with van der Waals surface area (Å²) >= 11 is 1.52. The van der Waals surface area contributed by atoms with Gasteiger partial charge in [0.15, 0.2) is 0 Å². The number of amides is 1. The summed E-state index contributed by atoms with van der Waals surface area (Å²) in [6.07, 6.45) is 2.23. The van der Waals surface area contributed by atoms with Crippen molar-refractivity contribution in [3.63, 3.8) is 0 Å². The van der Waals surface area contributed by atoms with Crippen molar-refractivity contribution in [3.05, 3.63) is 24.0 Å².